The van der Waals surface area contributed by atoms with Crippen LogP contribution >= 0.6 is 11.6 Å². The van der Waals surface area contributed by atoms with Crippen molar-refractivity contribution < 1.29 is 33.3 Å². The van der Waals surface area contributed by atoms with Crippen molar-refractivity contribution in [1.82, 2.24) is 4.90 Å². The van der Waals surface area contributed by atoms with E-state index in [-0.39, 0.29) is 33.1 Å². The van der Waals surface area contributed by atoms with Crippen LogP contribution in [0.2, 0.25) is 5.02 Å². The first-order chi connectivity index (χ1) is 18.2. The molecular weight excluding hydrogens is 522 g/mol. The number of aliphatic hydroxyl groups excluding tert-OH is 1. The number of anilines is 3. The molecule has 0 bridgehead atoms. The minimum atomic E-state index is -1.55. The van der Waals surface area contributed by atoms with E-state index in [9.17, 15) is 28.6 Å². The largest absolute Gasteiger partial charge is 0.477 e. The summed E-state index contributed by atoms with van der Waals surface area (Å²) in [6.45, 7) is 3.15. The van der Waals surface area contributed by atoms with Gasteiger partial charge in [0.1, 0.15) is 18.1 Å². The number of Topliss-reactive ketones (excluding diaryl/α,β-unsaturated/α-hetero) is 1. The van der Waals surface area contributed by atoms with Crippen LogP contribution in [0.3, 0.4) is 0 Å². The van der Waals surface area contributed by atoms with Crippen LogP contribution in [0.15, 0.2) is 36.0 Å². The lowest BCUT2D eigenvalue weighted by Crippen LogP contribution is -2.28. The lowest BCUT2D eigenvalue weighted by Gasteiger charge is -2.20. The Morgan fingerprint density at radius 1 is 1.18 bits per heavy atom. The fourth-order valence-corrected chi connectivity index (χ4v) is 4.37. The second-order valence-electron chi connectivity index (χ2n) is 8.74. The van der Waals surface area contributed by atoms with Crippen LogP contribution in [0.1, 0.15) is 34.3 Å². The number of nitrogens with one attached hydrogen (secondary N) is 2. The number of nitrogen functional groups attached to an aromatic ring is 1. The number of benzene rings is 2. The molecule has 1 heterocycles. The van der Waals surface area contributed by atoms with E-state index in [0.29, 0.717) is 18.8 Å². The number of aliphatic hydroxyl groups is 1. The highest BCUT2D eigenvalue weighted by atomic mass is 35.5. The number of nitrogens with zero attached hydrogens (tertiary/aromatic N) is 1. The number of carboxylic acids is 1. The SMILES string of the molecule is Nc1cc(N/C=C(/C(=O)O)C(=O)c2cc(Cl)c(NCCCN3CCCOCC3)c(CF)c2)c(CO)cc1F. The van der Waals surface area contributed by atoms with Crippen molar-refractivity contribution in [3.05, 3.63) is 63.6 Å². The summed E-state index contributed by atoms with van der Waals surface area (Å²) in [6, 6.07) is 4.70. The molecule has 2 aromatic rings. The minimum absolute atomic E-state index is 0.0817. The van der Waals surface area contributed by atoms with E-state index in [1.54, 1.807) is 0 Å². The van der Waals surface area contributed by atoms with Crippen LogP contribution < -0.4 is 16.4 Å². The molecule has 1 aliphatic rings. The van der Waals surface area contributed by atoms with E-state index >= 15 is 0 Å². The number of rotatable bonds is 12. The molecule has 0 spiro atoms. The summed E-state index contributed by atoms with van der Waals surface area (Å²) in [7, 11) is 0. The van der Waals surface area contributed by atoms with Crippen molar-refractivity contribution in [2.24, 2.45) is 0 Å². The molecule has 0 amide bonds. The quantitative estimate of drug-likeness (QED) is 0.0664. The van der Waals surface area contributed by atoms with Gasteiger partial charge in [0.2, 0.25) is 5.78 Å². The number of hydrogen-bond donors (Lipinski definition) is 5. The first-order valence-corrected chi connectivity index (χ1v) is 12.5. The van der Waals surface area contributed by atoms with Gasteiger partial charge in [-0.25, -0.2) is 13.6 Å². The zero-order valence-electron chi connectivity index (χ0n) is 20.7. The van der Waals surface area contributed by atoms with Crippen molar-refractivity contribution in [3.8, 4) is 0 Å². The van der Waals surface area contributed by atoms with E-state index in [1.807, 2.05) is 0 Å². The summed E-state index contributed by atoms with van der Waals surface area (Å²) >= 11 is 6.37. The fraction of sp³-hybridized carbons (Fsp3) is 0.385. The van der Waals surface area contributed by atoms with Gasteiger partial charge in [-0.15, -0.1) is 0 Å². The summed E-state index contributed by atoms with van der Waals surface area (Å²) in [5.41, 5.74) is 5.21. The first-order valence-electron chi connectivity index (χ1n) is 12.1. The van der Waals surface area contributed by atoms with Gasteiger partial charge in [0.05, 0.1) is 29.6 Å². The maximum atomic E-state index is 13.9. The predicted octanol–water partition coefficient (Wildman–Crippen LogP) is 3.81. The van der Waals surface area contributed by atoms with Crippen molar-refractivity contribution >= 4 is 40.4 Å². The molecule has 2 aromatic carbocycles. The van der Waals surface area contributed by atoms with Gasteiger partial charge >= 0.3 is 5.97 Å². The molecule has 0 radical (unpaired) electrons. The van der Waals surface area contributed by atoms with Gasteiger partial charge in [0.25, 0.3) is 0 Å². The summed E-state index contributed by atoms with van der Waals surface area (Å²) < 4.78 is 33.0. The lowest BCUT2D eigenvalue weighted by atomic mass is 10.0. The number of carbonyl (C=O) groups excluding carboxylic acids is 1. The van der Waals surface area contributed by atoms with Gasteiger partial charge in [-0.3, -0.25) is 4.79 Å². The monoisotopic (exact) mass is 552 g/mol. The van der Waals surface area contributed by atoms with Crippen molar-refractivity contribution in [2.75, 3.05) is 55.8 Å². The molecule has 0 saturated carbocycles. The lowest BCUT2D eigenvalue weighted by molar-refractivity contribution is -0.132. The highest BCUT2D eigenvalue weighted by molar-refractivity contribution is 6.34. The Morgan fingerprint density at radius 3 is 2.68 bits per heavy atom. The minimum Gasteiger partial charge on any atom is -0.477 e. The number of halogens is 3. The number of nitrogens with two attached hydrogens (primary N) is 1. The van der Waals surface area contributed by atoms with Crippen molar-refractivity contribution in [3.63, 3.8) is 0 Å². The van der Waals surface area contributed by atoms with Crippen LogP contribution in [0.25, 0.3) is 0 Å². The maximum Gasteiger partial charge on any atom is 0.341 e. The third-order valence-electron chi connectivity index (χ3n) is 6.09. The number of hydrogen-bond acceptors (Lipinski definition) is 8. The number of carbonyl (C=O) groups is 2. The summed E-state index contributed by atoms with van der Waals surface area (Å²) in [5.74, 6) is -3.23. The van der Waals surface area contributed by atoms with Gasteiger partial charge in [-0.05, 0) is 43.7 Å². The van der Waals surface area contributed by atoms with Crippen LogP contribution in [-0.2, 0) is 22.8 Å². The Balaban J connectivity index is 1.74. The molecular formula is C26H31ClF2N4O5. The number of alkyl halides is 1. The van der Waals surface area contributed by atoms with Gasteiger partial charge in [-0.2, -0.15) is 0 Å². The van der Waals surface area contributed by atoms with Crippen LogP contribution in [0.4, 0.5) is 25.8 Å². The van der Waals surface area contributed by atoms with E-state index < -0.39 is 36.4 Å². The Kier molecular flexibility index (Phi) is 10.8. The molecule has 1 fully saturated rings. The second kappa shape index (κ2) is 14.1. The van der Waals surface area contributed by atoms with Crippen molar-refractivity contribution in [2.45, 2.75) is 26.1 Å². The molecule has 0 aromatic heterocycles. The molecule has 1 saturated heterocycles. The Bertz CT molecular complexity index is 1190. The van der Waals surface area contributed by atoms with Crippen molar-refractivity contribution in [1.29, 1.82) is 0 Å². The van der Waals surface area contributed by atoms with Gasteiger partial charge in [0.15, 0.2) is 0 Å². The van der Waals surface area contributed by atoms with Crippen LogP contribution in [0, 0.1) is 5.82 Å². The molecule has 1 aliphatic heterocycles. The number of ether oxygens (including phenoxy) is 1. The molecule has 38 heavy (non-hydrogen) atoms. The smallest absolute Gasteiger partial charge is 0.341 e. The zero-order valence-corrected chi connectivity index (χ0v) is 21.5. The Morgan fingerprint density at radius 2 is 1.97 bits per heavy atom. The van der Waals surface area contributed by atoms with E-state index in [0.717, 1.165) is 51.3 Å². The molecule has 9 nitrogen and oxygen atoms in total. The summed E-state index contributed by atoms with van der Waals surface area (Å²) in [4.78, 5) is 27.2. The third-order valence-corrected chi connectivity index (χ3v) is 6.38. The average Bonchev–Trinajstić information content (AvgIpc) is 3.17. The topological polar surface area (TPSA) is 137 Å². The fourth-order valence-electron chi connectivity index (χ4n) is 4.06. The molecule has 3 rings (SSSR count). The normalized spacial score (nSPS) is 14.7. The van der Waals surface area contributed by atoms with Crippen LogP contribution in [-0.4, -0.2) is 66.3 Å². The van der Waals surface area contributed by atoms with Gasteiger partial charge < -0.3 is 36.2 Å². The highest BCUT2D eigenvalue weighted by Crippen LogP contribution is 2.30. The molecule has 0 unspecified atom stereocenters. The van der Waals surface area contributed by atoms with E-state index in [4.69, 9.17) is 22.1 Å². The van der Waals surface area contributed by atoms with Crippen LogP contribution in [0.5, 0.6) is 0 Å². The first kappa shape index (κ1) is 29.3. The average molecular weight is 553 g/mol. The summed E-state index contributed by atoms with van der Waals surface area (Å²) in [6.07, 6.45) is 2.66. The molecule has 12 heteroatoms. The zero-order chi connectivity index (χ0) is 27.7. The maximum absolute atomic E-state index is 13.9. The Labute approximate surface area is 224 Å². The molecule has 6 N–H and O–H groups in total. The molecule has 206 valence electrons. The molecule has 0 atom stereocenters. The molecule has 0 aliphatic carbocycles. The second-order valence-corrected chi connectivity index (χ2v) is 9.15. The third kappa shape index (κ3) is 7.64. The highest BCUT2D eigenvalue weighted by Gasteiger charge is 2.22. The number of carboxylic acid groups (broad SMARTS) is 1. The number of ketones is 1. The number of aliphatic carboxylic acids is 1. The predicted molar refractivity (Wildman–Crippen MR) is 142 cm³/mol. The summed E-state index contributed by atoms with van der Waals surface area (Å²) in [5, 5.41) is 24.9. The Hall–Kier alpha value is -3.25. The standard InChI is InChI=1S/C26H31ClF2N4O5/c27-20-10-16(9-17(13-28)24(20)31-3-1-4-33-5-2-7-38-8-6-33)25(35)19(26(36)37)14-32-23-12-22(30)21(29)11-18(23)15-34/h9-12,14,31-32,34H,1-8,13,15,30H2,(H,36,37)/b19-14+. The van der Waals surface area contributed by atoms with E-state index in [2.05, 4.69) is 15.5 Å². The van der Waals surface area contributed by atoms with E-state index in [1.165, 1.54) is 18.2 Å². The van der Waals surface area contributed by atoms with Gasteiger partial charge in [0, 0.05) is 54.8 Å². The van der Waals surface area contributed by atoms with Gasteiger partial charge in [-0.1, -0.05) is 11.6 Å².